The zero-order valence-corrected chi connectivity index (χ0v) is 17.3. The van der Waals surface area contributed by atoms with Gasteiger partial charge >= 0.3 is 0 Å². The number of hydrogen-bond donors (Lipinski definition) is 2. The summed E-state index contributed by atoms with van der Waals surface area (Å²) >= 11 is 0. The van der Waals surface area contributed by atoms with Crippen molar-refractivity contribution >= 4 is 27.6 Å². The molecule has 0 bridgehead atoms. The number of aliphatic imine (C=N–C) groups is 1. The van der Waals surface area contributed by atoms with E-state index in [-0.39, 0.29) is 16.6 Å². The molecule has 2 heterocycles. The Morgan fingerprint density at radius 1 is 1.17 bits per heavy atom. The maximum absolute atomic E-state index is 12.8. The molecule has 4 rings (SSSR count). The summed E-state index contributed by atoms with van der Waals surface area (Å²) in [5.74, 6) is 0.364. The van der Waals surface area contributed by atoms with Crippen LogP contribution < -0.4 is 10.0 Å². The summed E-state index contributed by atoms with van der Waals surface area (Å²) in [6.07, 6.45) is 0. The fraction of sp³-hybridized carbons (Fsp3) is 0.190. The van der Waals surface area contributed by atoms with Crippen LogP contribution in [0.5, 0.6) is 0 Å². The van der Waals surface area contributed by atoms with Crippen molar-refractivity contribution < 1.29 is 13.2 Å². The Balaban J connectivity index is 1.54. The molecule has 30 heavy (non-hydrogen) atoms. The molecular weight excluding hydrogens is 402 g/mol. The first kappa shape index (κ1) is 19.8. The lowest BCUT2D eigenvalue weighted by molar-refractivity contribution is -0.117. The smallest absolute Gasteiger partial charge is 0.263 e. The van der Waals surface area contributed by atoms with Gasteiger partial charge in [-0.2, -0.15) is 5.10 Å². The Kier molecular flexibility index (Phi) is 5.13. The molecule has 1 aromatic heterocycles. The van der Waals surface area contributed by atoms with Crippen molar-refractivity contribution in [1.82, 2.24) is 14.5 Å². The molecule has 1 aliphatic heterocycles. The maximum Gasteiger partial charge on any atom is 0.263 e. The van der Waals surface area contributed by atoms with E-state index in [0.717, 1.165) is 11.3 Å². The van der Waals surface area contributed by atoms with Gasteiger partial charge in [0, 0.05) is 11.6 Å². The Labute approximate surface area is 174 Å². The number of aromatic nitrogens is 2. The third-order valence-electron chi connectivity index (χ3n) is 4.69. The molecule has 1 aliphatic rings. The minimum absolute atomic E-state index is 0.160. The van der Waals surface area contributed by atoms with Gasteiger partial charge in [-0.15, -0.1) is 0 Å². The predicted molar refractivity (Wildman–Crippen MR) is 114 cm³/mol. The molecule has 0 saturated carbocycles. The largest absolute Gasteiger partial charge is 0.309 e. The molecule has 1 amide bonds. The number of fused-ring (bicyclic) bond motifs is 1. The van der Waals surface area contributed by atoms with Gasteiger partial charge in [0.15, 0.2) is 0 Å². The number of amides is 1. The van der Waals surface area contributed by atoms with Gasteiger partial charge in [0.05, 0.1) is 17.1 Å². The number of carbonyl (C=O) groups excluding carboxylic acids is 1. The molecule has 2 N–H and O–H groups in total. The third-order valence-corrected chi connectivity index (χ3v) is 6.09. The Bertz CT molecular complexity index is 1230. The topological polar surface area (TPSA) is 105 Å². The Morgan fingerprint density at radius 3 is 2.63 bits per heavy atom. The predicted octanol–water partition coefficient (Wildman–Crippen LogP) is 2.31. The minimum Gasteiger partial charge on any atom is -0.309 e. The van der Waals surface area contributed by atoms with Crippen LogP contribution in [0.15, 0.2) is 70.6 Å². The molecule has 0 saturated heterocycles. The van der Waals surface area contributed by atoms with Crippen LogP contribution in [0.4, 0.5) is 5.82 Å². The fourth-order valence-electron chi connectivity index (χ4n) is 3.24. The van der Waals surface area contributed by atoms with Crippen molar-refractivity contribution in [2.45, 2.75) is 31.3 Å². The minimum atomic E-state index is -3.65. The first-order valence-electron chi connectivity index (χ1n) is 9.43. The number of hydrogen-bond acceptors (Lipinski definition) is 5. The lowest BCUT2D eigenvalue weighted by Gasteiger charge is -2.12. The van der Waals surface area contributed by atoms with Gasteiger partial charge in [-0.25, -0.2) is 13.1 Å². The molecular formula is C21H21N5O3S. The normalized spacial score (nSPS) is 16.7. The molecule has 0 radical (unpaired) electrons. The van der Waals surface area contributed by atoms with E-state index in [9.17, 15) is 13.2 Å². The molecule has 2 aromatic carbocycles. The highest BCUT2D eigenvalue weighted by Gasteiger charge is 2.31. The zero-order chi connectivity index (χ0) is 21.3. The number of carbonyl (C=O) groups is 1. The van der Waals surface area contributed by atoms with E-state index in [1.54, 1.807) is 35.9 Å². The summed E-state index contributed by atoms with van der Waals surface area (Å²) in [7, 11) is -3.65. The lowest BCUT2D eigenvalue weighted by Crippen LogP contribution is -2.29. The highest BCUT2D eigenvalue weighted by atomic mass is 32.2. The summed E-state index contributed by atoms with van der Waals surface area (Å²) in [6.45, 7) is 3.98. The molecule has 154 valence electrons. The number of aryl methyl sites for hydroxylation is 1. The quantitative estimate of drug-likeness (QED) is 0.657. The van der Waals surface area contributed by atoms with Gasteiger partial charge in [-0.05, 0) is 31.5 Å². The van der Waals surface area contributed by atoms with Crippen LogP contribution in [0.3, 0.4) is 0 Å². The number of nitrogens with zero attached hydrogens (tertiary/aromatic N) is 3. The standard InChI is InChI=1S/C21H21N5O3S/c1-14-12-19(26(24-14)13-16-8-4-3-5-9-16)23-21(27)15(2)22-20-17-10-6-7-11-18(17)30(28,29)25-20/h3-12,15H,13H2,1-2H3,(H,22,25)(H,23,27)/t15-/m0/s1. The number of nitrogens with one attached hydrogen (secondary N) is 2. The highest BCUT2D eigenvalue weighted by Crippen LogP contribution is 2.23. The van der Waals surface area contributed by atoms with Crippen molar-refractivity contribution in [1.29, 1.82) is 0 Å². The molecule has 8 nitrogen and oxygen atoms in total. The highest BCUT2D eigenvalue weighted by molar-refractivity contribution is 7.90. The summed E-state index contributed by atoms with van der Waals surface area (Å²) < 4.78 is 28.6. The van der Waals surface area contributed by atoms with Crippen molar-refractivity contribution in [2.75, 3.05) is 5.32 Å². The van der Waals surface area contributed by atoms with E-state index in [0.29, 0.717) is 17.9 Å². The summed E-state index contributed by atoms with van der Waals surface area (Å²) in [4.78, 5) is 17.2. The van der Waals surface area contributed by atoms with Crippen LogP contribution in [0.1, 0.15) is 23.7 Å². The molecule has 9 heteroatoms. The summed E-state index contributed by atoms with van der Waals surface area (Å²) in [6, 6.07) is 17.3. The number of anilines is 1. The number of amidine groups is 1. The van der Waals surface area contributed by atoms with E-state index >= 15 is 0 Å². The van der Waals surface area contributed by atoms with Crippen LogP contribution in [0.25, 0.3) is 0 Å². The van der Waals surface area contributed by atoms with Crippen molar-refractivity contribution in [3.8, 4) is 0 Å². The Hall–Kier alpha value is -3.46. The first-order chi connectivity index (χ1) is 14.3. The molecule has 0 spiro atoms. The number of benzene rings is 2. The number of rotatable bonds is 5. The Morgan fingerprint density at radius 2 is 1.87 bits per heavy atom. The summed E-state index contributed by atoms with van der Waals surface area (Å²) in [5, 5.41) is 7.29. The lowest BCUT2D eigenvalue weighted by atomic mass is 10.2. The molecule has 0 fully saturated rings. The van der Waals surface area contributed by atoms with Gasteiger partial charge in [0.25, 0.3) is 10.0 Å². The average molecular weight is 423 g/mol. The fourth-order valence-corrected chi connectivity index (χ4v) is 4.47. The first-order valence-corrected chi connectivity index (χ1v) is 10.9. The maximum atomic E-state index is 12.8. The van der Waals surface area contributed by atoms with E-state index in [1.807, 2.05) is 37.3 Å². The van der Waals surface area contributed by atoms with E-state index in [1.165, 1.54) is 6.07 Å². The average Bonchev–Trinajstić information content (AvgIpc) is 3.18. The monoisotopic (exact) mass is 423 g/mol. The third kappa shape index (κ3) is 3.97. The van der Waals surface area contributed by atoms with Crippen molar-refractivity contribution in [3.63, 3.8) is 0 Å². The molecule has 3 aromatic rings. The van der Waals surface area contributed by atoms with Crippen LogP contribution in [-0.4, -0.2) is 36.0 Å². The van der Waals surface area contributed by atoms with E-state index in [4.69, 9.17) is 0 Å². The van der Waals surface area contributed by atoms with Gasteiger partial charge in [-0.3, -0.25) is 14.5 Å². The van der Waals surface area contributed by atoms with Gasteiger partial charge in [0.2, 0.25) is 5.91 Å². The van der Waals surface area contributed by atoms with Crippen LogP contribution in [0.2, 0.25) is 0 Å². The van der Waals surface area contributed by atoms with Gasteiger partial charge in [-0.1, -0.05) is 42.5 Å². The second-order valence-electron chi connectivity index (χ2n) is 7.06. The van der Waals surface area contributed by atoms with E-state index in [2.05, 4.69) is 20.1 Å². The number of sulfonamides is 1. The van der Waals surface area contributed by atoms with Gasteiger partial charge < -0.3 is 5.32 Å². The van der Waals surface area contributed by atoms with Crippen LogP contribution in [0, 0.1) is 6.92 Å². The van der Waals surface area contributed by atoms with Crippen molar-refractivity contribution in [3.05, 3.63) is 77.5 Å². The molecule has 0 aliphatic carbocycles. The van der Waals surface area contributed by atoms with E-state index < -0.39 is 16.1 Å². The summed E-state index contributed by atoms with van der Waals surface area (Å²) in [5.41, 5.74) is 2.29. The molecule has 1 atom stereocenters. The zero-order valence-electron chi connectivity index (χ0n) is 16.5. The SMILES string of the molecule is Cc1cc(NC(=O)[C@H](C)N=C2NS(=O)(=O)c3ccccc32)n(Cc2ccccc2)n1. The molecule has 0 unspecified atom stereocenters. The second-order valence-corrected chi connectivity index (χ2v) is 8.71. The van der Waals surface area contributed by atoms with Gasteiger partial charge in [0.1, 0.15) is 17.7 Å². The van der Waals surface area contributed by atoms with Crippen LogP contribution in [-0.2, 0) is 21.4 Å². The van der Waals surface area contributed by atoms with Crippen molar-refractivity contribution in [2.24, 2.45) is 4.99 Å². The second kappa shape index (κ2) is 7.75. The van der Waals surface area contributed by atoms with Crippen LogP contribution >= 0.6 is 0 Å².